The predicted molar refractivity (Wildman–Crippen MR) is 86.4 cm³/mol. The second-order valence-corrected chi connectivity index (χ2v) is 5.81. The summed E-state index contributed by atoms with van der Waals surface area (Å²) >= 11 is 0. The van der Waals surface area contributed by atoms with Crippen LogP contribution in [0.2, 0.25) is 0 Å². The summed E-state index contributed by atoms with van der Waals surface area (Å²) < 4.78 is 6.03. The molecule has 0 atom stereocenters. The van der Waals surface area contributed by atoms with E-state index in [1.807, 2.05) is 17.0 Å². The van der Waals surface area contributed by atoms with Gasteiger partial charge in [0.2, 0.25) is 5.91 Å². The Labute approximate surface area is 129 Å². The molecule has 3 nitrogen and oxygen atoms in total. The van der Waals surface area contributed by atoms with Gasteiger partial charge in [-0.1, -0.05) is 36.4 Å². The van der Waals surface area contributed by atoms with Crippen molar-refractivity contribution in [1.29, 1.82) is 0 Å². The predicted octanol–water partition coefficient (Wildman–Crippen LogP) is 4.00. The van der Waals surface area contributed by atoms with Gasteiger partial charge >= 0.3 is 0 Å². The van der Waals surface area contributed by atoms with Crippen LogP contribution in [0, 0.1) is 0 Å². The standard InChI is InChI=1S/C19H17NO2/c1-13(21)20-9-8-18-17(12-20)11-19(22-18)16-7-6-14-4-2-3-5-15(14)10-16/h2-7,10-11H,8-9,12H2,1H3. The summed E-state index contributed by atoms with van der Waals surface area (Å²) in [5.41, 5.74) is 2.21. The minimum atomic E-state index is 0.124. The van der Waals surface area contributed by atoms with Crippen molar-refractivity contribution in [1.82, 2.24) is 4.90 Å². The van der Waals surface area contributed by atoms with Crippen molar-refractivity contribution in [2.75, 3.05) is 6.54 Å². The highest BCUT2D eigenvalue weighted by atomic mass is 16.3. The van der Waals surface area contributed by atoms with E-state index < -0.39 is 0 Å². The van der Waals surface area contributed by atoms with Crippen LogP contribution in [0.1, 0.15) is 18.2 Å². The van der Waals surface area contributed by atoms with Gasteiger partial charge in [-0.05, 0) is 22.9 Å². The molecule has 0 unspecified atom stereocenters. The minimum absolute atomic E-state index is 0.124. The number of hydrogen-bond donors (Lipinski definition) is 0. The van der Waals surface area contributed by atoms with Crippen molar-refractivity contribution in [3.63, 3.8) is 0 Å². The molecule has 3 aromatic rings. The van der Waals surface area contributed by atoms with Gasteiger partial charge in [-0.15, -0.1) is 0 Å². The smallest absolute Gasteiger partial charge is 0.219 e. The molecule has 0 aliphatic carbocycles. The SMILES string of the molecule is CC(=O)N1CCc2oc(-c3ccc4ccccc4c3)cc2C1. The Hall–Kier alpha value is -2.55. The summed E-state index contributed by atoms with van der Waals surface area (Å²) in [6.07, 6.45) is 0.794. The summed E-state index contributed by atoms with van der Waals surface area (Å²) in [6, 6.07) is 16.8. The lowest BCUT2D eigenvalue weighted by molar-refractivity contribution is -0.129. The first kappa shape index (κ1) is 13.1. The summed E-state index contributed by atoms with van der Waals surface area (Å²) in [5, 5.41) is 2.44. The average Bonchev–Trinajstić information content (AvgIpc) is 2.97. The van der Waals surface area contributed by atoms with E-state index in [4.69, 9.17) is 4.42 Å². The highest BCUT2D eigenvalue weighted by Gasteiger charge is 2.22. The number of fused-ring (bicyclic) bond motifs is 2. The normalized spacial score (nSPS) is 14.1. The number of nitrogens with zero attached hydrogens (tertiary/aromatic N) is 1. The van der Waals surface area contributed by atoms with Gasteiger partial charge < -0.3 is 9.32 Å². The number of carbonyl (C=O) groups excluding carboxylic acids is 1. The number of furan rings is 1. The fourth-order valence-corrected chi connectivity index (χ4v) is 3.09. The van der Waals surface area contributed by atoms with Crippen LogP contribution in [0.5, 0.6) is 0 Å². The van der Waals surface area contributed by atoms with E-state index in [0.717, 1.165) is 35.6 Å². The number of amides is 1. The Bertz CT molecular complexity index is 863. The number of hydrogen-bond acceptors (Lipinski definition) is 2. The van der Waals surface area contributed by atoms with Crippen molar-refractivity contribution in [3.8, 4) is 11.3 Å². The fourth-order valence-electron chi connectivity index (χ4n) is 3.09. The summed E-state index contributed by atoms with van der Waals surface area (Å²) in [5.74, 6) is 2.03. The zero-order chi connectivity index (χ0) is 15.1. The quantitative estimate of drug-likeness (QED) is 0.679. The molecular formula is C19H17NO2. The molecule has 2 heterocycles. The molecule has 0 saturated heterocycles. The zero-order valence-electron chi connectivity index (χ0n) is 12.5. The summed E-state index contributed by atoms with van der Waals surface area (Å²) in [6.45, 7) is 3.02. The molecule has 0 fully saturated rings. The molecule has 0 spiro atoms. The lowest BCUT2D eigenvalue weighted by atomic mass is 10.0. The van der Waals surface area contributed by atoms with Crippen molar-refractivity contribution in [2.45, 2.75) is 19.9 Å². The van der Waals surface area contributed by atoms with E-state index in [1.54, 1.807) is 6.92 Å². The Morgan fingerprint density at radius 2 is 1.91 bits per heavy atom. The van der Waals surface area contributed by atoms with Crippen molar-refractivity contribution >= 4 is 16.7 Å². The van der Waals surface area contributed by atoms with E-state index >= 15 is 0 Å². The molecule has 1 aliphatic rings. The molecule has 1 aliphatic heterocycles. The van der Waals surface area contributed by atoms with Gasteiger partial charge in [-0.3, -0.25) is 4.79 Å². The van der Waals surface area contributed by atoms with Gasteiger partial charge in [0.1, 0.15) is 11.5 Å². The van der Waals surface area contributed by atoms with Gasteiger partial charge in [0.15, 0.2) is 0 Å². The van der Waals surface area contributed by atoms with Crippen LogP contribution in [-0.2, 0) is 17.8 Å². The van der Waals surface area contributed by atoms with Crippen LogP contribution >= 0.6 is 0 Å². The molecule has 0 N–H and O–H groups in total. The van der Waals surface area contributed by atoms with Crippen LogP contribution in [0.4, 0.5) is 0 Å². The molecule has 110 valence electrons. The number of benzene rings is 2. The first-order chi connectivity index (χ1) is 10.7. The van der Waals surface area contributed by atoms with Gasteiger partial charge in [0, 0.05) is 37.6 Å². The maximum absolute atomic E-state index is 11.5. The van der Waals surface area contributed by atoms with Crippen molar-refractivity contribution < 1.29 is 9.21 Å². The third kappa shape index (κ3) is 2.19. The van der Waals surface area contributed by atoms with Crippen molar-refractivity contribution in [3.05, 3.63) is 59.9 Å². The third-order valence-corrected chi connectivity index (χ3v) is 4.35. The van der Waals surface area contributed by atoms with Crippen LogP contribution in [0.15, 0.2) is 52.9 Å². The first-order valence-corrected chi connectivity index (χ1v) is 7.57. The van der Waals surface area contributed by atoms with Crippen LogP contribution in [0.25, 0.3) is 22.1 Å². The molecule has 2 aromatic carbocycles. The summed E-state index contributed by atoms with van der Waals surface area (Å²) in [7, 11) is 0. The Kier molecular flexibility index (Phi) is 3.00. The lowest BCUT2D eigenvalue weighted by Crippen LogP contribution is -2.33. The molecule has 0 radical (unpaired) electrons. The van der Waals surface area contributed by atoms with Crippen LogP contribution < -0.4 is 0 Å². The molecule has 1 aromatic heterocycles. The minimum Gasteiger partial charge on any atom is -0.461 e. The van der Waals surface area contributed by atoms with Gasteiger partial charge in [-0.25, -0.2) is 0 Å². The number of carbonyl (C=O) groups is 1. The van der Waals surface area contributed by atoms with Crippen LogP contribution in [0.3, 0.4) is 0 Å². The summed E-state index contributed by atoms with van der Waals surface area (Å²) in [4.78, 5) is 13.4. The van der Waals surface area contributed by atoms with Crippen LogP contribution in [-0.4, -0.2) is 17.4 Å². The van der Waals surface area contributed by atoms with E-state index in [-0.39, 0.29) is 5.91 Å². The highest BCUT2D eigenvalue weighted by molar-refractivity contribution is 5.86. The number of rotatable bonds is 1. The first-order valence-electron chi connectivity index (χ1n) is 7.57. The molecule has 4 rings (SSSR count). The zero-order valence-corrected chi connectivity index (χ0v) is 12.5. The monoisotopic (exact) mass is 291 g/mol. The second-order valence-electron chi connectivity index (χ2n) is 5.81. The van der Waals surface area contributed by atoms with E-state index in [0.29, 0.717) is 6.54 Å². The highest BCUT2D eigenvalue weighted by Crippen LogP contribution is 2.31. The largest absolute Gasteiger partial charge is 0.461 e. The molecule has 0 saturated carbocycles. The Balaban J connectivity index is 1.72. The average molecular weight is 291 g/mol. The van der Waals surface area contributed by atoms with E-state index in [1.165, 1.54) is 10.8 Å². The van der Waals surface area contributed by atoms with Gasteiger partial charge in [0.25, 0.3) is 0 Å². The second kappa shape index (κ2) is 5.02. The maximum atomic E-state index is 11.5. The lowest BCUT2D eigenvalue weighted by Gasteiger charge is -2.24. The Morgan fingerprint density at radius 3 is 2.73 bits per heavy atom. The Morgan fingerprint density at radius 1 is 1.09 bits per heavy atom. The van der Waals surface area contributed by atoms with Crippen molar-refractivity contribution in [2.24, 2.45) is 0 Å². The molecule has 3 heteroatoms. The maximum Gasteiger partial charge on any atom is 0.219 e. The van der Waals surface area contributed by atoms with Gasteiger partial charge in [-0.2, -0.15) is 0 Å². The van der Waals surface area contributed by atoms with Gasteiger partial charge in [0.05, 0.1) is 0 Å². The topological polar surface area (TPSA) is 33.5 Å². The third-order valence-electron chi connectivity index (χ3n) is 4.35. The molecule has 22 heavy (non-hydrogen) atoms. The van der Waals surface area contributed by atoms with E-state index in [2.05, 4.69) is 36.4 Å². The molecular weight excluding hydrogens is 274 g/mol. The molecule has 0 bridgehead atoms. The molecule has 1 amide bonds. The van der Waals surface area contributed by atoms with E-state index in [9.17, 15) is 4.79 Å². The fraction of sp³-hybridized carbons (Fsp3) is 0.211.